The monoisotopic (exact) mass is 464 g/mol. The Morgan fingerprint density at radius 1 is 0.875 bits per heavy atom. The maximum Gasteiger partial charge on any atom is 0.239 e. The molecule has 1 atom stereocenters. The maximum absolute atomic E-state index is 13.2. The van der Waals surface area contributed by atoms with E-state index in [0.29, 0.717) is 30.3 Å². The zero-order valence-electron chi connectivity index (χ0n) is 19.7. The standard InChI is InChI=1S/C20H25NO5S.C4H11N/c1-4-25-16-8-6-15(7-9-16)14-20(3,19(21)22)27(23,24)18-12-10-17(11-13-18)26-5-2;1-3-5-4-2/h6-13H,4-5,14H2,1-3H3,(H2,21,22);5H,3-4H2,1-2H3. The molecule has 0 aliphatic carbocycles. The smallest absolute Gasteiger partial charge is 0.239 e. The first kappa shape index (κ1) is 27.5. The Bertz CT molecular complexity index is 926. The van der Waals surface area contributed by atoms with E-state index in [0.717, 1.165) is 13.1 Å². The molecule has 0 spiro atoms. The Morgan fingerprint density at radius 2 is 1.31 bits per heavy atom. The zero-order chi connectivity index (χ0) is 24.2. The fourth-order valence-corrected chi connectivity index (χ4v) is 4.60. The number of amides is 1. The predicted molar refractivity (Wildman–Crippen MR) is 128 cm³/mol. The molecule has 0 bridgehead atoms. The van der Waals surface area contributed by atoms with Crippen LogP contribution in [0.15, 0.2) is 53.4 Å². The first-order valence-electron chi connectivity index (χ1n) is 10.9. The SMILES string of the molecule is CCNCC.CCOc1ccc(CC(C)(C(N)=O)S(=O)(=O)c2ccc(OCC)cc2)cc1. The Kier molecular flexibility index (Phi) is 11.2. The molecule has 0 heterocycles. The summed E-state index contributed by atoms with van der Waals surface area (Å²) in [6, 6.07) is 12.9. The van der Waals surface area contributed by atoms with Crippen molar-refractivity contribution >= 4 is 15.7 Å². The lowest BCUT2D eigenvalue weighted by Crippen LogP contribution is -2.49. The van der Waals surface area contributed by atoms with Crippen LogP contribution in [0, 0.1) is 0 Å². The van der Waals surface area contributed by atoms with Crippen LogP contribution in [-0.2, 0) is 21.1 Å². The lowest BCUT2D eigenvalue weighted by atomic mass is 9.99. The molecule has 0 aliphatic heterocycles. The number of benzene rings is 2. The fourth-order valence-electron chi connectivity index (χ4n) is 2.97. The summed E-state index contributed by atoms with van der Waals surface area (Å²) >= 11 is 0. The molecule has 0 aliphatic rings. The van der Waals surface area contributed by atoms with Gasteiger partial charge in [-0.05, 0) is 75.8 Å². The zero-order valence-corrected chi connectivity index (χ0v) is 20.5. The van der Waals surface area contributed by atoms with Crippen molar-refractivity contribution in [2.45, 2.75) is 50.7 Å². The number of nitrogens with one attached hydrogen (secondary N) is 1. The lowest BCUT2D eigenvalue weighted by Gasteiger charge is -2.26. The van der Waals surface area contributed by atoms with Crippen molar-refractivity contribution in [1.29, 1.82) is 0 Å². The molecular formula is C24H36N2O5S. The molecule has 7 nitrogen and oxygen atoms in total. The summed E-state index contributed by atoms with van der Waals surface area (Å²) < 4.78 is 35.3. The van der Waals surface area contributed by atoms with E-state index in [1.807, 2.05) is 13.8 Å². The van der Waals surface area contributed by atoms with E-state index in [-0.39, 0.29) is 11.3 Å². The molecule has 32 heavy (non-hydrogen) atoms. The van der Waals surface area contributed by atoms with Gasteiger partial charge in [-0.1, -0.05) is 26.0 Å². The summed E-state index contributed by atoms with van der Waals surface area (Å²) in [4.78, 5) is 12.2. The number of sulfone groups is 1. The van der Waals surface area contributed by atoms with Gasteiger partial charge in [0, 0.05) is 6.42 Å². The average Bonchev–Trinajstić information content (AvgIpc) is 2.76. The molecule has 0 fully saturated rings. The van der Waals surface area contributed by atoms with Gasteiger partial charge in [0.05, 0.1) is 18.1 Å². The van der Waals surface area contributed by atoms with E-state index in [9.17, 15) is 13.2 Å². The Labute approximate surface area is 192 Å². The second kappa shape index (κ2) is 13.1. The number of hydrogen-bond acceptors (Lipinski definition) is 6. The maximum atomic E-state index is 13.2. The van der Waals surface area contributed by atoms with Gasteiger partial charge >= 0.3 is 0 Å². The van der Waals surface area contributed by atoms with Gasteiger partial charge in [-0.3, -0.25) is 4.79 Å². The van der Waals surface area contributed by atoms with Gasteiger partial charge in [0.1, 0.15) is 11.5 Å². The summed E-state index contributed by atoms with van der Waals surface area (Å²) in [5.74, 6) is 0.338. The number of primary amides is 1. The summed E-state index contributed by atoms with van der Waals surface area (Å²) in [6.07, 6.45) is -0.0374. The van der Waals surface area contributed by atoms with Crippen molar-refractivity contribution in [1.82, 2.24) is 5.32 Å². The molecular weight excluding hydrogens is 428 g/mol. The molecule has 0 saturated heterocycles. The molecule has 1 amide bonds. The summed E-state index contributed by atoms with van der Waals surface area (Å²) in [7, 11) is -4.01. The largest absolute Gasteiger partial charge is 0.494 e. The second-order valence-corrected chi connectivity index (χ2v) is 9.59. The van der Waals surface area contributed by atoms with Crippen molar-refractivity contribution < 1.29 is 22.7 Å². The Morgan fingerprint density at radius 3 is 1.66 bits per heavy atom. The van der Waals surface area contributed by atoms with Crippen molar-refractivity contribution in [3.63, 3.8) is 0 Å². The van der Waals surface area contributed by atoms with Gasteiger partial charge in [0.15, 0.2) is 14.6 Å². The van der Waals surface area contributed by atoms with E-state index in [1.165, 1.54) is 19.1 Å². The number of carbonyl (C=O) groups is 1. The molecule has 0 saturated carbocycles. The van der Waals surface area contributed by atoms with Crippen molar-refractivity contribution in [3.8, 4) is 11.5 Å². The highest BCUT2D eigenvalue weighted by Gasteiger charge is 2.46. The number of rotatable bonds is 11. The second-order valence-electron chi connectivity index (χ2n) is 7.21. The van der Waals surface area contributed by atoms with Crippen LogP contribution in [0.5, 0.6) is 11.5 Å². The molecule has 8 heteroatoms. The summed E-state index contributed by atoms with van der Waals surface area (Å²) in [5, 5.41) is 3.11. The minimum Gasteiger partial charge on any atom is -0.494 e. The van der Waals surface area contributed by atoms with Crippen LogP contribution in [0.3, 0.4) is 0 Å². The van der Waals surface area contributed by atoms with E-state index >= 15 is 0 Å². The van der Waals surface area contributed by atoms with E-state index in [4.69, 9.17) is 15.2 Å². The van der Waals surface area contributed by atoms with Gasteiger partial charge in [0.2, 0.25) is 5.91 Å². The minimum absolute atomic E-state index is 0.0261. The number of hydrogen-bond donors (Lipinski definition) is 2. The molecule has 3 N–H and O–H groups in total. The molecule has 1 unspecified atom stereocenters. The highest BCUT2D eigenvalue weighted by atomic mass is 32.2. The van der Waals surface area contributed by atoms with Crippen LogP contribution in [0.4, 0.5) is 0 Å². The first-order valence-corrected chi connectivity index (χ1v) is 12.3. The van der Waals surface area contributed by atoms with Gasteiger partial charge < -0.3 is 20.5 Å². The van der Waals surface area contributed by atoms with Crippen molar-refractivity contribution in [3.05, 3.63) is 54.1 Å². The van der Waals surface area contributed by atoms with Crippen molar-refractivity contribution in [2.75, 3.05) is 26.3 Å². The molecule has 2 rings (SSSR count). The topological polar surface area (TPSA) is 108 Å². The highest BCUT2D eigenvalue weighted by molar-refractivity contribution is 7.93. The molecule has 2 aromatic rings. The van der Waals surface area contributed by atoms with E-state index in [1.54, 1.807) is 36.4 Å². The van der Waals surface area contributed by atoms with E-state index in [2.05, 4.69) is 19.2 Å². The normalized spacial score (nSPS) is 12.8. The van der Waals surface area contributed by atoms with Crippen LogP contribution in [0.1, 0.15) is 40.2 Å². The van der Waals surface area contributed by atoms with Crippen LogP contribution in [0.2, 0.25) is 0 Å². The molecule has 0 aromatic heterocycles. The van der Waals surface area contributed by atoms with Crippen LogP contribution >= 0.6 is 0 Å². The minimum atomic E-state index is -4.01. The average molecular weight is 465 g/mol. The third-order valence-corrected chi connectivity index (χ3v) is 7.26. The highest BCUT2D eigenvalue weighted by Crippen LogP contribution is 2.31. The van der Waals surface area contributed by atoms with Crippen LogP contribution in [-0.4, -0.2) is 45.4 Å². The third-order valence-electron chi connectivity index (χ3n) is 4.84. The van der Waals surface area contributed by atoms with Gasteiger partial charge in [-0.2, -0.15) is 0 Å². The van der Waals surface area contributed by atoms with E-state index < -0.39 is 20.5 Å². The van der Waals surface area contributed by atoms with Crippen molar-refractivity contribution in [2.24, 2.45) is 5.73 Å². The molecule has 2 aromatic carbocycles. The Balaban J connectivity index is 0.000000920. The molecule has 0 radical (unpaired) electrons. The predicted octanol–water partition coefficient (Wildman–Crippen LogP) is 3.36. The van der Waals surface area contributed by atoms with Crippen LogP contribution < -0.4 is 20.5 Å². The van der Waals surface area contributed by atoms with Gasteiger partial charge in [-0.15, -0.1) is 0 Å². The number of ether oxygens (including phenoxy) is 2. The Hall–Kier alpha value is -2.58. The summed E-state index contributed by atoms with van der Waals surface area (Å²) in [6.45, 7) is 12.5. The molecule has 178 valence electrons. The van der Waals surface area contributed by atoms with Gasteiger partial charge in [-0.25, -0.2) is 8.42 Å². The number of nitrogens with two attached hydrogens (primary N) is 1. The summed E-state index contributed by atoms with van der Waals surface area (Å²) in [5.41, 5.74) is 6.21. The third kappa shape index (κ3) is 7.24. The fraction of sp³-hybridized carbons (Fsp3) is 0.458. The lowest BCUT2D eigenvalue weighted by molar-refractivity contribution is -0.120. The number of carbonyl (C=O) groups excluding carboxylic acids is 1. The van der Waals surface area contributed by atoms with Crippen LogP contribution in [0.25, 0.3) is 0 Å². The quantitative estimate of drug-likeness (QED) is 0.528. The van der Waals surface area contributed by atoms with Gasteiger partial charge in [0.25, 0.3) is 0 Å². The first-order chi connectivity index (χ1) is 15.2.